The summed E-state index contributed by atoms with van der Waals surface area (Å²) in [6, 6.07) is 4.10. The first-order valence-corrected chi connectivity index (χ1v) is 7.74. The number of rotatable bonds is 5. The molecule has 9 heteroatoms. The maximum Gasteiger partial charge on any atom is 0.422 e. The van der Waals surface area contributed by atoms with Crippen LogP contribution >= 0.6 is 11.6 Å². The lowest BCUT2D eigenvalue weighted by Gasteiger charge is -2.24. The van der Waals surface area contributed by atoms with E-state index in [2.05, 4.69) is 4.74 Å². The molecule has 0 aliphatic heterocycles. The van der Waals surface area contributed by atoms with Crippen molar-refractivity contribution in [3.05, 3.63) is 23.2 Å². The van der Waals surface area contributed by atoms with Gasteiger partial charge in [0.15, 0.2) is 12.4 Å². The van der Waals surface area contributed by atoms with Gasteiger partial charge in [-0.25, -0.2) is 8.42 Å². The van der Waals surface area contributed by atoms with Crippen LogP contribution in [0.5, 0.6) is 5.75 Å². The first-order chi connectivity index (χ1) is 9.06. The maximum atomic E-state index is 12.2. The monoisotopic (exact) mass is 331 g/mol. The molecule has 4 nitrogen and oxygen atoms in total. The third-order valence-corrected chi connectivity index (χ3v) is 3.84. The molecule has 0 bridgehead atoms. The van der Waals surface area contributed by atoms with Crippen molar-refractivity contribution in [1.82, 2.24) is 0 Å². The highest BCUT2D eigenvalue weighted by atomic mass is 35.5. The highest BCUT2D eigenvalue weighted by molar-refractivity contribution is 7.92. The van der Waals surface area contributed by atoms with E-state index in [4.69, 9.17) is 11.6 Å². The summed E-state index contributed by atoms with van der Waals surface area (Å²) in [6.45, 7) is 0.0437. The normalized spacial score (nSPS) is 12.3. The molecular formula is C11H13ClF3NO3S. The lowest BCUT2D eigenvalue weighted by atomic mass is 10.3. The van der Waals surface area contributed by atoms with Crippen LogP contribution in [0, 0.1) is 0 Å². The fraction of sp³-hybridized carbons (Fsp3) is 0.455. The SMILES string of the molecule is CCN(c1cccc(Cl)c1OCC(F)(F)F)S(C)(=O)=O. The summed E-state index contributed by atoms with van der Waals surface area (Å²) >= 11 is 5.80. The first kappa shape index (κ1) is 16.9. The second-order valence-electron chi connectivity index (χ2n) is 3.92. The van der Waals surface area contributed by atoms with Gasteiger partial charge in [-0.1, -0.05) is 17.7 Å². The second-order valence-corrected chi connectivity index (χ2v) is 6.23. The smallest absolute Gasteiger partial charge is 0.422 e. The summed E-state index contributed by atoms with van der Waals surface area (Å²) in [6.07, 6.45) is -3.59. The second kappa shape index (κ2) is 6.09. The van der Waals surface area contributed by atoms with E-state index < -0.39 is 22.8 Å². The first-order valence-electron chi connectivity index (χ1n) is 5.52. The van der Waals surface area contributed by atoms with Crippen LogP contribution in [-0.4, -0.2) is 34.0 Å². The zero-order valence-corrected chi connectivity index (χ0v) is 12.3. The van der Waals surface area contributed by atoms with Gasteiger partial charge in [0.05, 0.1) is 17.0 Å². The van der Waals surface area contributed by atoms with E-state index in [1.807, 2.05) is 0 Å². The van der Waals surface area contributed by atoms with E-state index in [0.717, 1.165) is 10.6 Å². The average Bonchev–Trinajstić information content (AvgIpc) is 2.25. The van der Waals surface area contributed by atoms with Gasteiger partial charge in [0.2, 0.25) is 10.0 Å². The molecule has 0 N–H and O–H groups in total. The van der Waals surface area contributed by atoms with Crippen LogP contribution in [0.25, 0.3) is 0 Å². The van der Waals surface area contributed by atoms with Crippen molar-refractivity contribution in [2.75, 3.05) is 23.7 Å². The number of halogens is 4. The predicted molar refractivity (Wildman–Crippen MR) is 70.9 cm³/mol. The van der Waals surface area contributed by atoms with Crippen LogP contribution in [-0.2, 0) is 10.0 Å². The van der Waals surface area contributed by atoms with Crippen LogP contribution < -0.4 is 9.04 Å². The molecule has 0 aliphatic rings. The lowest BCUT2D eigenvalue weighted by Crippen LogP contribution is -2.30. The van der Waals surface area contributed by atoms with Gasteiger partial charge in [-0.05, 0) is 19.1 Å². The van der Waals surface area contributed by atoms with Crippen LogP contribution in [0.15, 0.2) is 18.2 Å². The Labute approximate surface area is 120 Å². The summed E-state index contributed by atoms with van der Waals surface area (Å²) < 4.78 is 65.5. The Hall–Kier alpha value is -1.15. The van der Waals surface area contributed by atoms with E-state index in [0.29, 0.717) is 0 Å². The van der Waals surface area contributed by atoms with Gasteiger partial charge in [-0.2, -0.15) is 13.2 Å². The Balaban J connectivity index is 3.23. The minimum absolute atomic E-state index is 0.0215. The number of ether oxygens (including phenoxy) is 1. The van der Waals surface area contributed by atoms with Gasteiger partial charge >= 0.3 is 6.18 Å². The number of hydrogen-bond acceptors (Lipinski definition) is 3. The molecule has 0 spiro atoms. The Morgan fingerprint density at radius 1 is 1.35 bits per heavy atom. The van der Waals surface area contributed by atoms with E-state index in [1.165, 1.54) is 18.2 Å². The molecule has 1 aromatic rings. The number of sulfonamides is 1. The number of anilines is 1. The molecule has 0 aromatic heterocycles. The summed E-state index contributed by atoms with van der Waals surface area (Å²) in [4.78, 5) is 0. The Bertz CT molecular complexity index is 575. The quantitative estimate of drug-likeness (QED) is 0.833. The highest BCUT2D eigenvalue weighted by Crippen LogP contribution is 2.37. The minimum atomic E-state index is -4.54. The molecule has 0 unspecified atom stereocenters. The van der Waals surface area contributed by atoms with Crippen molar-refractivity contribution in [3.63, 3.8) is 0 Å². The lowest BCUT2D eigenvalue weighted by molar-refractivity contribution is -0.153. The standard InChI is InChI=1S/C11H13ClF3NO3S/c1-3-16(20(2,17)18)9-6-4-5-8(12)10(9)19-7-11(13,14)15/h4-6H,3,7H2,1-2H3. The number of alkyl halides is 3. The van der Waals surface area contributed by atoms with Crippen molar-refractivity contribution >= 4 is 27.3 Å². The molecule has 20 heavy (non-hydrogen) atoms. The fourth-order valence-electron chi connectivity index (χ4n) is 1.57. The van der Waals surface area contributed by atoms with E-state index >= 15 is 0 Å². The zero-order valence-electron chi connectivity index (χ0n) is 10.7. The van der Waals surface area contributed by atoms with Crippen molar-refractivity contribution in [3.8, 4) is 5.75 Å². The summed E-state index contributed by atoms with van der Waals surface area (Å²) in [5.41, 5.74) is -0.0215. The van der Waals surface area contributed by atoms with E-state index in [1.54, 1.807) is 6.92 Å². The number of para-hydroxylation sites is 1. The topological polar surface area (TPSA) is 46.6 Å². The van der Waals surface area contributed by atoms with Crippen LogP contribution in [0.1, 0.15) is 6.92 Å². The van der Waals surface area contributed by atoms with Gasteiger partial charge in [0.1, 0.15) is 0 Å². The van der Waals surface area contributed by atoms with Gasteiger partial charge in [0, 0.05) is 6.54 Å². The van der Waals surface area contributed by atoms with Crippen LogP contribution in [0.2, 0.25) is 5.02 Å². The molecule has 1 aromatic carbocycles. The summed E-state index contributed by atoms with van der Waals surface area (Å²) in [5.74, 6) is -0.307. The van der Waals surface area contributed by atoms with Crippen LogP contribution in [0.3, 0.4) is 0 Å². The molecule has 0 saturated carbocycles. The molecule has 0 atom stereocenters. The molecule has 0 fully saturated rings. The molecule has 0 radical (unpaired) electrons. The Morgan fingerprint density at radius 2 is 1.95 bits per heavy atom. The van der Waals surface area contributed by atoms with Crippen molar-refractivity contribution in [2.24, 2.45) is 0 Å². The number of nitrogens with zero attached hydrogens (tertiary/aromatic N) is 1. The molecule has 0 saturated heterocycles. The molecule has 0 aliphatic carbocycles. The third kappa shape index (κ3) is 4.45. The Kier molecular flexibility index (Phi) is 5.15. The molecule has 1 rings (SSSR count). The van der Waals surface area contributed by atoms with Gasteiger partial charge in [0.25, 0.3) is 0 Å². The molecule has 0 amide bonds. The maximum absolute atomic E-state index is 12.2. The number of hydrogen-bond donors (Lipinski definition) is 0. The molecule has 114 valence electrons. The molecular weight excluding hydrogens is 319 g/mol. The average molecular weight is 332 g/mol. The predicted octanol–water partition coefficient (Wildman–Crippen LogP) is 3.07. The van der Waals surface area contributed by atoms with Crippen LogP contribution in [0.4, 0.5) is 18.9 Å². The van der Waals surface area contributed by atoms with Crippen molar-refractivity contribution in [1.29, 1.82) is 0 Å². The zero-order chi connectivity index (χ0) is 15.6. The van der Waals surface area contributed by atoms with Gasteiger partial charge in [-0.15, -0.1) is 0 Å². The summed E-state index contributed by atoms with van der Waals surface area (Å²) in [7, 11) is -3.65. The molecule has 0 heterocycles. The minimum Gasteiger partial charge on any atom is -0.480 e. The largest absolute Gasteiger partial charge is 0.480 e. The van der Waals surface area contributed by atoms with E-state index in [9.17, 15) is 21.6 Å². The number of benzene rings is 1. The van der Waals surface area contributed by atoms with Gasteiger partial charge in [-0.3, -0.25) is 4.31 Å². The van der Waals surface area contributed by atoms with Crippen molar-refractivity contribution in [2.45, 2.75) is 13.1 Å². The third-order valence-electron chi connectivity index (χ3n) is 2.28. The van der Waals surface area contributed by atoms with E-state index in [-0.39, 0.29) is 23.0 Å². The van der Waals surface area contributed by atoms with Crippen molar-refractivity contribution < 1.29 is 26.3 Å². The highest BCUT2D eigenvalue weighted by Gasteiger charge is 2.30. The van der Waals surface area contributed by atoms with Gasteiger partial charge < -0.3 is 4.74 Å². The summed E-state index contributed by atoms with van der Waals surface area (Å²) in [5, 5.41) is -0.0890. The fourth-order valence-corrected chi connectivity index (χ4v) is 2.77. The Morgan fingerprint density at radius 3 is 2.40 bits per heavy atom.